The first-order valence-electron chi connectivity index (χ1n) is 8.61. The van der Waals surface area contributed by atoms with Crippen molar-refractivity contribution in [2.24, 2.45) is 7.05 Å². The number of rotatable bonds is 5. The smallest absolute Gasteiger partial charge is 0.268 e. The molecule has 1 aromatic heterocycles. The molecular formula is C22H24N2O. The second-order valence-corrected chi connectivity index (χ2v) is 6.50. The minimum atomic E-state index is -0.0263. The van der Waals surface area contributed by atoms with Gasteiger partial charge in [0.2, 0.25) is 0 Å². The van der Waals surface area contributed by atoms with Crippen molar-refractivity contribution < 1.29 is 4.79 Å². The van der Waals surface area contributed by atoms with Crippen molar-refractivity contribution in [3.63, 3.8) is 0 Å². The van der Waals surface area contributed by atoms with Gasteiger partial charge in [-0.3, -0.25) is 4.79 Å². The molecule has 0 fully saturated rings. The van der Waals surface area contributed by atoms with Crippen molar-refractivity contribution in [2.75, 3.05) is 6.54 Å². The first-order valence-corrected chi connectivity index (χ1v) is 8.61. The van der Waals surface area contributed by atoms with Crippen LogP contribution in [-0.2, 0) is 13.5 Å². The monoisotopic (exact) mass is 332 g/mol. The predicted octanol–water partition coefficient (Wildman–Crippen LogP) is 4.28. The van der Waals surface area contributed by atoms with E-state index in [1.54, 1.807) is 0 Å². The summed E-state index contributed by atoms with van der Waals surface area (Å²) < 4.78 is 1.92. The molecule has 3 aromatic rings. The fourth-order valence-corrected chi connectivity index (χ4v) is 3.18. The van der Waals surface area contributed by atoms with Gasteiger partial charge in [0.05, 0.1) is 0 Å². The average Bonchev–Trinajstić information content (AvgIpc) is 2.91. The van der Waals surface area contributed by atoms with Gasteiger partial charge in [-0.05, 0) is 37.0 Å². The molecule has 0 bridgehead atoms. The molecule has 0 aliphatic rings. The summed E-state index contributed by atoms with van der Waals surface area (Å²) in [6.45, 7) is 4.75. The van der Waals surface area contributed by atoms with Gasteiger partial charge in [0, 0.05) is 25.4 Å². The van der Waals surface area contributed by atoms with E-state index in [9.17, 15) is 4.79 Å². The van der Waals surface area contributed by atoms with Gasteiger partial charge < -0.3 is 9.88 Å². The Balaban J connectivity index is 1.75. The van der Waals surface area contributed by atoms with Crippen molar-refractivity contribution in [2.45, 2.75) is 20.3 Å². The minimum absolute atomic E-state index is 0.0263. The van der Waals surface area contributed by atoms with Crippen LogP contribution in [0.5, 0.6) is 0 Å². The summed E-state index contributed by atoms with van der Waals surface area (Å²) in [5, 5.41) is 3.07. The summed E-state index contributed by atoms with van der Waals surface area (Å²) in [5.41, 5.74) is 6.39. The van der Waals surface area contributed by atoms with E-state index >= 15 is 0 Å². The van der Waals surface area contributed by atoms with Gasteiger partial charge in [0.25, 0.3) is 5.91 Å². The van der Waals surface area contributed by atoms with Crippen LogP contribution < -0.4 is 5.32 Å². The Kier molecular flexibility index (Phi) is 5.03. The second-order valence-electron chi connectivity index (χ2n) is 6.50. The number of carbonyl (C=O) groups is 1. The van der Waals surface area contributed by atoms with Gasteiger partial charge >= 0.3 is 0 Å². The molecule has 3 nitrogen and oxygen atoms in total. The van der Waals surface area contributed by atoms with E-state index in [0.717, 1.165) is 23.1 Å². The summed E-state index contributed by atoms with van der Waals surface area (Å²) in [4.78, 5) is 12.8. The quantitative estimate of drug-likeness (QED) is 0.743. The first-order chi connectivity index (χ1) is 12.1. The number of hydrogen-bond acceptors (Lipinski definition) is 1. The van der Waals surface area contributed by atoms with Gasteiger partial charge in [-0.25, -0.2) is 0 Å². The van der Waals surface area contributed by atoms with Crippen LogP contribution in [0.15, 0.2) is 60.8 Å². The second kappa shape index (κ2) is 7.39. The lowest BCUT2D eigenvalue weighted by atomic mass is 10.0. The van der Waals surface area contributed by atoms with E-state index in [1.165, 1.54) is 11.1 Å². The third-order valence-electron chi connectivity index (χ3n) is 4.47. The van der Waals surface area contributed by atoms with Crippen LogP contribution >= 0.6 is 0 Å². The van der Waals surface area contributed by atoms with Gasteiger partial charge in [-0.2, -0.15) is 0 Å². The van der Waals surface area contributed by atoms with Crippen LogP contribution in [0, 0.1) is 13.8 Å². The summed E-state index contributed by atoms with van der Waals surface area (Å²) in [7, 11) is 1.92. The molecular weight excluding hydrogens is 308 g/mol. The maximum absolute atomic E-state index is 12.8. The molecule has 0 spiro atoms. The van der Waals surface area contributed by atoms with Gasteiger partial charge in [-0.1, -0.05) is 60.2 Å². The Morgan fingerprint density at radius 2 is 1.68 bits per heavy atom. The third-order valence-corrected chi connectivity index (χ3v) is 4.47. The number of hydrogen-bond donors (Lipinski definition) is 1. The molecule has 0 radical (unpaired) electrons. The maximum atomic E-state index is 12.8. The molecule has 1 heterocycles. The molecule has 0 aliphatic carbocycles. The number of aromatic nitrogens is 1. The highest BCUT2D eigenvalue weighted by atomic mass is 16.1. The summed E-state index contributed by atoms with van der Waals surface area (Å²) in [6.07, 6.45) is 2.84. The van der Waals surface area contributed by atoms with Crippen LogP contribution in [-0.4, -0.2) is 17.0 Å². The Morgan fingerprint density at radius 3 is 2.36 bits per heavy atom. The molecule has 25 heavy (non-hydrogen) atoms. The third kappa shape index (κ3) is 3.82. The van der Waals surface area contributed by atoms with Crippen LogP contribution in [0.3, 0.4) is 0 Å². The lowest BCUT2D eigenvalue weighted by Gasteiger charge is -2.10. The van der Waals surface area contributed by atoms with E-state index in [2.05, 4.69) is 36.5 Å². The van der Waals surface area contributed by atoms with E-state index < -0.39 is 0 Å². The average molecular weight is 332 g/mol. The lowest BCUT2D eigenvalue weighted by molar-refractivity contribution is 0.0946. The molecule has 0 aliphatic heterocycles. The van der Waals surface area contributed by atoms with Crippen molar-refractivity contribution in [1.82, 2.24) is 9.88 Å². The van der Waals surface area contributed by atoms with E-state index in [4.69, 9.17) is 0 Å². The maximum Gasteiger partial charge on any atom is 0.268 e. The highest BCUT2D eigenvalue weighted by Crippen LogP contribution is 2.28. The molecule has 128 valence electrons. The first kappa shape index (κ1) is 17.0. The Morgan fingerprint density at radius 1 is 1.00 bits per heavy atom. The Hall–Kier alpha value is -2.81. The molecule has 1 N–H and O–H groups in total. The lowest BCUT2D eigenvalue weighted by Crippen LogP contribution is -2.28. The Bertz CT molecular complexity index is 861. The fourth-order valence-electron chi connectivity index (χ4n) is 3.18. The number of nitrogens with zero attached hydrogens (tertiary/aromatic N) is 1. The van der Waals surface area contributed by atoms with Crippen molar-refractivity contribution in [3.8, 4) is 11.1 Å². The standard InChI is InChI=1S/C22H24N2O/c1-16-9-11-18(12-10-16)13-14-23-22(25)21-20(17(2)15-24(21)3)19-7-5-4-6-8-19/h4-12,15H,13-14H2,1-3H3,(H,23,25). The minimum Gasteiger partial charge on any atom is -0.350 e. The zero-order valence-corrected chi connectivity index (χ0v) is 15.0. The number of aryl methyl sites for hydroxylation is 3. The highest BCUT2D eigenvalue weighted by molar-refractivity contribution is 6.00. The number of amides is 1. The Labute approximate surface area is 149 Å². The topological polar surface area (TPSA) is 34.0 Å². The van der Waals surface area contributed by atoms with Gasteiger partial charge in [-0.15, -0.1) is 0 Å². The van der Waals surface area contributed by atoms with Crippen molar-refractivity contribution in [1.29, 1.82) is 0 Å². The highest BCUT2D eigenvalue weighted by Gasteiger charge is 2.19. The van der Waals surface area contributed by atoms with Crippen LogP contribution in [0.2, 0.25) is 0 Å². The molecule has 0 saturated carbocycles. The summed E-state index contributed by atoms with van der Waals surface area (Å²) >= 11 is 0. The molecule has 0 atom stereocenters. The largest absolute Gasteiger partial charge is 0.350 e. The van der Waals surface area contributed by atoms with Crippen LogP contribution in [0.4, 0.5) is 0 Å². The molecule has 1 amide bonds. The molecule has 3 heteroatoms. The zero-order valence-electron chi connectivity index (χ0n) is 15.0. The molecule has 2 aromatic carbocycles. The number of nitrogens with one attached hydrogen (secondary N) is 1. The fraction of sp³-hybridized carbons (Fsp3) is 0.227. The van der Waals surface area contributed by atoms with E-state index in [0.29, 0.717) is 12.2 Å². The number of benzene rings is 2. The number of carbonyl (C=O) groups excluding carboxylic acids is 1. The predicted molar refractivity (Wildman–Crippen MR) is 103 cm³/mol. The van der Waals surface area contributed by atoms with E-state index in [1.807, 2.05) is 55.1 Å². The summed E-state index contributed by atoms with van der Waals surface area (Å²) in [6, 6.07) is 18.5. The van der Waals surface area contributed by atoms with E-state index in [-0.39, 0.29) is 5.91 Å². The SMILES string of the molecule is Cc1ccc(CCNC(=O)c2c(-c3ccccc3)c(C)cn2C)cc1. The molecule has 0 saturated heterocycles. The van der Waals surface area contributed by atoms with Gasteiger partial charge in [0.15, 0.2) is 0 Å². The zero-order chi connectivity index (χ0) is 17.8. The van der Waals surface area contributed by atoms with Crippen molar-refractivity contribution in [3.05, 3.63) is 83.2 Å². The normalized spacial score (nSPS) is 10.7. The van der Waals surface area contributed by atoms with Crippen LogP contribution in [0.1, 0.15) is 27.2 Å². The molecule has 3 rings (SSSR count). The summed E-state index contributed by atoms with van der Waals surface area (Å²) in [5.74, 6) is -0.0263. The van der Waals surface area contributed by atoms with Crippen LogP contribution in [0.25, 0.3) is 11.1 Å². The van der Waals surface area contributed by atoms with Crippen molar-refractivity contribution >= 4 is 5.91 Å². The van der Waals surface area contributed by atoms with Gasteiger partial charge in [0.1, 0.15) is 5.69 Å². The molecule has 0 unspecified atom stereocenters.